The molecule has 1 fully saturated rings. The molecule has 0 spiro atoms. The van der Waals surface area contributed by atoms with E-state index in [1.54, 1.807) is 0 Å². The molecular formula is C13H23N5O. The number of hydrogen-bond acceptors (Lipinski definition) is 5. The van der Waals surface area contributed by atoms with Gasteiger partial charge in [0.1, 0.15) is 12.2 Å². The quantitative estimate of drug-likeness (QED) is 0.779. The van der Waals surface area contributed by atoms with E-state index in [-0.39, 0.29) is 17.9 Å². The molecule has 1 atom stereocenters. The lowest BCUT2D eigenvalue weighted by molar-refractivity contribution is -0.125. The minimum Gasteiger partial charge on any atom is -0.303 e. The number of aromatic nitrogens is 3. The minimum absolute atomic E-state index is 0.0314. The van der Waals surface area contributed by atoms with Gasteiger partial charge in [-0.2, -0.15) is 5.10 Å². The fourth-order valence-corrected chi connectivity index (χ4v) is 2.46. The van der Waals surface area contributed by atoms with Gasteiger partial charge in [-0.25, -0.2) is 9.67 Å². The summed E-state index contributed by atoms with van der Waals surface area (Å²) in [6.07, 6.45) is 1.89. The molecule has 1 saturated heterocycles. The lowest BCUT2D eigenvalue weighted by atomic mass is 10.1. The summed E-state index contributed by atoms with van der Waals surface area (Å²) in [5.74, 6) is 0.991. The van der Waals surface area contributed by atoms with Crippen molar-refractivity contribution in [2.24, 2.45) is 0 Å². The molecule has 0 aromatic carbocycles. The van der Waals surface area contributed by atoms with Crippen LogP contribution in [-0.2, 0) is 11.2 Å². The van der Waals surface area contributed by atoms with Crippen LogP contribution < -0.4 is 0 Å². The van der Waals surface area contributed by atoms with Gasteiger partial charge in [0.05, 0.1) is 12.5 Å². The zero-order valence-corrected chi connectivity index (χ0v) is 12.2. The van der Waals surface area contributed by atoms with Crippen molar-refractivity contribution in [1.29, 1.82) is 0 Å². The fraction of sp³-hybridized carbons (Fsp3) is 0.769. The summed E-state index contributed by atoms with van der Waals surface area (Å²) in [7, 11) is 4.08. The zero-order valence-electron chi connectivity index (χ0n) is 12.2. The third-order valence-corrected chi connectivity index (χ3v) is 3.69. The normalized spacial score (nSPS) is 22.1. The lowest BCUT2D eigenvalue weighted by Crippen LogP contribution is -2.54. The van der Waals surface area contributed by atoms with E-state index in [0.29, 0.717) is 6.42 Å². The number of ketones is 1. The molecule has 6 heteroatoms. The van der Waals surface area contributed by atoms with Gasteiger partial charge in [0.25, 0.3) is 0 Å². The second-order valence-electron chi connectivity index (χ2n) is 5.62. The second kappa shape index (κ2) is 5.79. The fourth-order valence-electron chi connectivity index (χ4n) is 2.46. The second-order valence-corrected chi connectivity index (χ2v) is 5.62. The SMILES string of the molecule is CC(C)n1ncnc1CC(=O)C1CN(C)CCN1C. The highest BCUT2D eigenvalue weighted by molar-refractivity contribution is 5.85. The van der Waals surface area contributed by atoms with Gasteiger partial charge in [0, 0.05) is 25.7 Å². The van der Waals surface area contributed by atoms with Crippen molar-refractivity contribution >= 4 is 5.78 Å². The largest absolute Gasteiger partial charge is 0.303 e. The number of carbonyl (C=O) groups excluding carboxylic acids is 1. The number of carbonyl (C=O) groups is 1. The Labute approximate surface area is 114 Å². The Morgan fingerprint density at radius 2 is 2.16 bits per heavy atom. The van der Waals surface area contributed by atoms with Gasteiger partial charge in [-0.3, -0.25) is 9.69 Å². The van der Waals surface area contributed by atoms with Gasteiger partial charge in [-0.15, -0.1) is 0 Å². The van der Waals surface area contributed by atoms with Crippen LogP contribution in [0.2, 0.25) is 0 Å². The maximum atomic E-state index is 12.4. The molecule has 0 bridgehead atoms. The van der Waals surface area contributed by atoms with Crippen LogP contribution in [0.1, 0.15) is 25.7 Å². The highest BCUT2D eigenvalue weighted by atomic mass is 16.1. The van der Waals surface area contributed by atoms with E-state index in [1.165, 1.54) is 6.33 Å². The van der Waals surface area contributed by atoms with E-state index in [0.717, 1.165) is 25.5 Å². The summed E-state index contributed by atoms with van der Waals surface area (Å²) in [6, 6.07) is 0.202. The third kappa shape index (κ3) is 3.19. The molecule has 106 valence electrons. The average Bonchev–Trinajstić information content (AvgIpc) is 2.80. The van der Waals surface area contributed by atoms with E-state index >= 15 is 0 Å². The molecule has 2 rings (SSSR count). The smallest absolute Gasteiger partial charge is 0.158 e. The molecule has 1 aliphatic rings. The van der Waals surface area contributed by atoms with Gasteiger partial charge in [0.15, 0.2) is 5.78 Å². The number of Topliss-reactive ketones (excluding diaryl/α,β-unsaturated/α-hetero) is 1. The Bertz CT molecular complexity index is 442. The van der Waals surface area contributed by atoms with Crippen LogP contribution in [0.5, 0.6) is 0 Å². The topological polar surface area (TPSA) is 54.3 Å². The Kier molecular flexibility index (Phi) is 4.31. The van der Waals surface area contributed by atoms with E-state index < -0.39 is 0 Å². The monoisotopic (exact) mass is 265 g/mol. The highest BCUT2D eigenvalue weighted by Crippen LogP contribution is 2.11. The molecule has 2 heterocycles. The van der Waals surface area contributed by atoms with Crippen LogP contribution in [0.4, 0.5) is 0 Å². The molecule has 19 heavy (non-hydrogen) atoms. The molecule has 0 radical (unpaired) electrons. The Morgan fingerprint density at radius 3 is 2.84 bits per heavy atom. The molecule has 1 unspecified atom stereocenters. The first-order chi connectivity index (χ1) is 8.99. The van der Waals surface area contributed by atoms with Crippen LogP contribution in [-0.4, -0.2) is 70.1 Å². The molecule has 0 N–H and O–H groups in total. The van der Waals surface area contributed by atoms with Gasteiger partial charge < -0.3 is 4.90 Å². The first-order valence-electron chi connectivity index (χ1n) is 6.79. The third-order valence-electron chi connectivity index (χ3n) is 3.69. The highest BCUT2D eigenvalue weighted by Gasteiger charge is 2.29. The Hall–Kier alpha value is -1.27. The predicted molar refractivity (Wildman–Crippen MR) is 73.0 cm³/mol. The van der Waals surface area contributed by atoms with E-state index in [1.807, 2.05) is 25.6 Å². The van der Waals surface area contributed by atoms with Crippen LogP contribution in [0, 0.1) is 0 Å². The summed E-state index contributed by atoms with van der Waals surface area (Å²) in [4.78, 5) is 21.0. The van der Waals surface area contributed by atoms with Crippen molar-refractivity contribution in [3.8, 4) is 0 Å². The maximum Gasteiger partial charge on any atom is 0.158 e. The standard InChI is InChI=1S/C13H23N5O/c1-10(2)18-13(14-9-15-18)7-12(19)11-8-16(3)5-6-17(11)4/h9-11H,5-8H2,1-4H3. The molecule has 1 aromatic rings. The van der Waals surface area contributed by atoms with E-state index in [4.69, 9.17) is 0 Å². The minimum atomic E-state index is -0.0314. The van der Waals surface area contributed by atoms with Crippen molar-refractivity contribution in [2.75, 3.05) is 33.7 Å². The van der Waals surface area contributed by atoms with Crippen molar-refractivity contribution in [3.05, 3.63) is 12.2 Å². The summed E-state index contributed by atoms with van der Waals surface area (Å²) in [5, 5.41) is 4.18. The lowest BCUT2D eigenvalue weighted by Gasteiger charge is -2.36. The molecular weight excluding hydrogens is 242 g/mol. The molecule has 0 aliphatic carbocycles. The Morgan fingerprint density at radius 1 is 1.42 bits per heavy atom. The van der Waals surface area contributed by atoms with Crippen molar-refractivity contribution in [2.45, 2.75) is 32.4 Å². The molecule has 0 saturated carbocycles. The first kappa shape index (κ1) is 14.1. The van der Waals surface area contributed by atoms with Gasteiger partial charge >= 0.3 is 0 Å². The van der Waals surface area contributed by atoms with Crippen LogP contribution in [0.3, 0.4) is 0 Å². The molecule has 1 aromatic heterocycles. The number of nitrogens with zero attached hydrogens (tertiary/aromatic N) is 5. The summed E-state index contributed by atoms with van der Waals surface area (Å²) < 4.78 is 1.82. The van der Waals surface area contributed by atoms with Crippen LogP contribution in [0.25, 0.3) is 0 Å². The van der Waals surface area contributed by atoms with Crippen molar-refractivity contribution < 1.29 is 4.79 Å². The summed E-state index contributed by atoms with van der Waals surface area (Å²) in [5.41, 5.74) is 0. The maximum absolute atomic E-state index is 12.4. The zero-order chi connectivity index (χ0) is 14.0. The average molecular weight is 265 g/mol. The van der Waals surface area contributed by atoms with Gasteiger partial charge in [-0.05, 0) is 27.9 Å². The van der Waals surface area contributed by atoms with Crippen LogP contribution in [0.15, 0.2) is 6.33 Å². The predicted octanol–water partition coefficient (Wildman–Crippen LogP) is 0.216. The van der Waals surface area contributed by atoms with Gasteiger partial charge in [0.2, 0.25) is 0 Å². The number of piperazine rings is 1. The number of rotatable bonds is 4. The van der Waals surface area contributed by atoms with Crippen LogP contribution >= 0.6 is 0 Å². The summed E-state index contributed by atoms with van der Waals surface area (Å²) in [6.45, 7) is 6.84. The van der Waals surface area contributed by atoms with Crippen molar-refractivity contribution in [1.82, 2.24) is 24.6 Å². The summed E-state index contributed by atoms with van der Waals surface area (Å²) >= 11 is 0. The first-order valence-corrected chi connectivity index (χ1v) is 6.79. The Balaban J connectivity index is 2.05. The number of hydrogen-bond donors (Lipinski definition) is 0. The van der Waals surface area contributed by atoms with E-state index in [9.17, 15) is 4.79 Å². The van der Waals surface area contributed by atoms with Gasteiger partial charge in [-0.1, -0.05) is 0 Å². The molecule has 1 aliphatic heterocycles. The number of likely N-dealkylation sites (N-methyl/N-ethyl adjacent to an activating group) is 2. The molecule has 6 nitrogen and oxygen atoms in total. The molecule has 0 amide bonds. The van der Waals surface area contributed by atoms with E-state index in [2.05, 4.69) is 26.9 Å². The van der Waals surface area contributed by atoms with Crippen molar-refractivity contribution in [3.63, 3.8) is 0 Å².